The van der Waals surface area contributed by atoms with Crippen LogP contribution in [0.1, 0.15) is 45.4 Å². The van der Waals surface area contributed by atoms with Crippen LogP contribution >= 0.6 is 0 Å². The van der Waals surface area contributed by atoms with Gasteiger partial charge in [0.2, 0.25) is 5.91 Å². The van der Waals surface area contributed by atoms with Crippen LogP contribution in [0.25, 0.3) is 0 Å². The van der Waals surface area contributed by atoms with Gasteiger partial charge in [-0.05, 0) is 63.3 Å². The van der Waals surface area contributed by atoms with Gasteiger partial charge in [0.05, 0.1) is 12.6 Å². The van der Waals surface area contributed by atoms with Gasteiger partial charge in [-0.2, -0.15) is 0 Å². The molecule has 6 nitrogen and oxygen atoms in total. The van der Waals surface area contributed by atoms with Crippen molar-refractivity contribution in [2.24, 2.45) is 0 Å². The molecule has 0 radical (unpaired) electrons. The van der Waals surface area contributed by atoms with Crippen LogP contribution in [0.2, 0.25) is 0 Å². The molecular weight excluding hydrogens is 342 g/mol. The van der Waals surface area contributed by atoms with Crippen LogP contribution in [-0.4, -0.2) is 37.7 Å². The molecule has 3 rings (SSSR count). The van der Waals surface area contributed by atoms with Crippen molar-refractivity contribution in [3.63, 3.8) is 0 Å². The summed E-state index contributed by atoms with van der Waals surface area (Å²) >= 11 is 0. The first-order valence-electron chi connectivity index (χ1n) is 9.91. The van der Waals surface area contributed by atoms with Gasteiger partial charge in [-0.15, -0.1) is 0 Å². The standard InChI is InChI=1S/C21H29N3O3/c1-2-27-19-10-8-18(9-11-19)24-15-17(14-20(24)25)23-21(26)22-13-12-16-6-4-3-5-7-16/h6,8-11,17H,2-5,7,12-15H2,1H3,(H2,22,23,26)/t17-/m0/s1. The predicted molar refractivity (Wildman–Crippen MR) is 106 cm³/mol. The molecule has 146 valence electrons. The number of hydrogen-bond donors (Lipinski definition) is 2. The highest BCUT2D eigenvalue weighted by Crippen LogP contribution is 2.24. The molecule has 1 aromatic rings. The molecule has 27 heavy (non-hydrogen) atoms. The quantitative estimate of drug-likeness (QED) is 0.722. The molecule has 1 saturated heterocycles. The van der Waals surface area contributed by atoms with E-state index in [1.807, 2.05) is 31.2 Å². The fourth-order valence-corrected chi connectivity index (χ4v) is 3.65. The molecular formula is C21H29N3O3. The number of carbonyl (C=O) groups is 2. The Labute approximate surface area is 161 Å². The number of nitrogens with one attached hydrogen (secondary N) is 2. The van der Waals surface area contributed by atoms with E-state index in [1.165, 1.54) is 18.4 Å². The molecule has 2 N–H and O–H groups in total. The maximum atomic E-state index is 12.3. The molecule has 0 spiro atoms. The van der Waals surface area contributed by atoms with Gasteiger partial charge in [0, 0.05) is 25.2 Å². The molecule has 1 fully saturated rings. The summed E-state index contributed by atoms with van der Waals surface area (Å²) in [5, 5.41) is 5.83. The maximum absolute atomic E-state index is 12.3. The van der Waals surface area contributed by atoms with Crippen molar-refractivity contribution in [2.45, 2.75) is 51.5 Å². The Morgan fingerprint density at radius 2 is 2.07 bits per heavy atom. The van der Waals surface area contributed by atoms with E-state index in [2.05, 4.69) is 16.7 Å². The Balaban J connectivity index is 1.44. The summed E-state index contributed by atoms with van der Waals surface area (Å²) < 4.78 is 5.43. The van der Waals surface area contributed by atoms with Gasteiger partial charge < -0.3 is 20.3 Å². The smallest absolute Gasteiger partial charge is 0.315 e. The number of nitrogens with zero attached hydrogens (tertiary/aromatic N) is 1. The van der Waals surface area contributed by atoms with Gasteiger partial charge in [-0.25, -0.2) is 4.79 Å². The predicted octanol–water partition coefficient (Wildman–Crippen LogP) is 3.38. The number of ether oxygens (including phenoxy) is 1. The molecule has 1 aliphatic heterocycles. The van der Waals surface area contributed by atoms with Crippen LogP contribution < -0.4 is 20.3 Å². The molecule has 3 amide bonds. The monoisotopic (exact) mass is 371 g/mol. The average molecular weight is 371 g/mol. The zero-order valence-corrected chi connectivity index (χ0v) is 16.0. The third kappa shape index (κ3) is 5.49. The second-order valence-corrected chi connectivity index (χ2v) is 7.09. The Bertz CT molecular complexity index is 684. The molecule has 1 heterocycles. The van der Waals surface area contributed by atoms with Crippen molar-refractivity contribution in [1.82, 2.24) is 10.6 Å². The van der Waals surface area contributed by atoms with Crippen LogP contribution in [-0.2, 0) is 4.79 Å². The lowest BCUT2D eigenvalue weighted by atomic mass is 9.97. The van der Waals surface area contributed by atoms with E-state index in [9.17, 15) is 9.59 Å². The Kier molecular flexibility index (Phi) is 6.74. The van der Waals surface area contributed by atoms with Gasteiger partial charge in [0.25, 0.3) is 0 Å². The second-order valence-electron chi connectivity index (χ2n) is 7.09. The van der Waals surface area contributed by atoms with Gasteiger partial charge >= 0.3 is 6.03 Å². The number of amides is 3. The van der Waals surface area contributed by atoms with Crippen molar-refractivity contribution in [3.05, 3.63) is 35.9 Å². The summed E-state index contributed by atoms with van der Waals surface area (Å²) in [6, 6.07) is 7.11. The number of rotatable bonds is 7. The van der Waals surface area contributed by atoms with Crippen molar-refractivity contribution < 1.29 is 14.3 Å². The van der Waals surface area contributed by atoms with Gasteiger partial charge in [0.1, 0.15) is 5.75 Å². The number of anilines is 1. The van der Waals surface area contributed by atoms with Crippen molar-refractivity contribution in [2.75, 3.05) is 24.6 Å². The Morgan fingerprint density at radius 1 is 1.26 bits per heavy atom. The maximum Gasteiger partial charge on any atom is 0.315 e. The van der Waals surface area contributed by atoms with Crippen molar-refractivity contribution >= 4 is 17.6 Å². The number of benzene rings is 1. The molecule has 0 bridgehead atoms. The summed E-state index contributed by atoms with van der Waals surface area (Å²) in [7, 11) is 0. The second kappa shape index (κ2) is 9.44. The molecule has 1 atom stereocenters. The minimum absolute atomic E-state index is 0.0248. The summed E-state index contributed by atoms with van der Waals surface area (Å²) in [6.45, 7) is 3.68. The summed E-state index contributed by atoms with van der Waals surface area (Å²) in [4.78, 5) is 26.1. The van der Waals surface area contributed by atoms with E-state index in [0.29, 0.717) is 26.1 Å². The molecule has 0 saturated carbocycles. The highest BCUT2D eigenvalue weighted by molar-refractivity contribution is 5.96. The first-order valence-corrected chi connectivity index (χ1v) is 9.91. The fourth-order valence-electron chi connectivity index (χ4n) is 3.65. The molecule has 1 aliphatic carbocycles. The van der Waals surface area contributed by atoms with E-state index in [4.69, 9.17) is 4.74 Å². The average Bonchev–Trinajstić information content (AvgIpc) is 3.03. The highest BCUT2D eigenvalue weighted by Gasteiger charge is 2.31. The van der Waals surface area contributed by atoms with Gasteiger partial charge in [-0.3, -0.25) is 4.79 Å². The van der Waals surface area contributed by atoms with Gasteiger partial charge in [-0.1, -0.05) is 11.6 Å². The fraction of sp³-hybridized carbons (Fsp3) is 0.524. The zero-order valence-electron chi connectivity index (χ0n) is 16.0. The minimum atomic E-state index is -0.197. The van der Waals surface area contributed by atoms with E-state index in [0.717, 1.165) is 30.7 Å². The third-order valence-corrected chi connectivity index (χ3v) is 5.04. The largest absolute Gasteiger partial charge is 0.494 e. The van der Waals surface area contributed by atoms with Crippen LogP contribution in [0, 0.1) is 0 Å². The zero-order chi connectivity index (χ0) is 19.1. The number of allylic oxidation sites excluding steroid dienone is 1. The lowest BCUT2D eigenvalue weighted by molar-refractivity contribution is -0.117. The molecule has 0 aromatic heterocycles. The van der Waals surface area contributed by atoms with E-state index in [1.54, 1.807) is 4.90 Å². The number of carbonyl (C=O) groups excluding carboxylic acids is 2. The molecule has 1 aromatic carbocycles. The van der Waals surface area contributed by atoms with Gasteiger partial charge in [0.15, 0.2) is 0 Å². The van der Waals surface area contributed by atoms with Crippen molar-refractivity contribution in [1.29, 1.82) is 0 Å². The third-order valence-electron chi connectivity index (χ3n) is 5.04. The lowest BCUT2D eigenvalue weighted by Gasteiger charge is -2.18. The van der Waals surface area contributed by atoms with Crippen LogP contribution in [0.5, 0.6) is 5.75 Å². The first kappa shape index (κ1) is 19.3. The summed E-state index contributed by atoms with van der Waals surface area (Å²) in [5.41, 5.74) is 2.27. The number of hydrogen-bond acceptors (Lipinski definition) is 3. The molecule has 6 heteroatoms. The van der Waals surface area contributed by atoms with E-state index in [-0.39, 0.29) is 18.0 Å². The van der Waals surface area contributed by atoms with E-state index < -0.39 is 0 Å². The van der Waals surface area contributed by atoms with E-state index >= 15 is 0 Å². The first-order chi connectivity index (χ1) is 13.2. The molecule has 2 aliphatic rings. The summed E-state index contributed by atoms with van der Waals surface area (Å²) in [6.07, 6.45) is 8.38. The van der Waals surface area contributed by atoms with Crippen LogP contribution in [0.15, 0.2) is 35.9 Å². The normalized spacial score (nSPS) is 19.6. The summed E-state index contributed by atoms with van der Waals surface area (Å²) in [5.74, 6) is 0.812. The topological polar surface area (TPSA) is 70.7 Å². The van der Waals surface area contributed by atoms with Crippen LogP contribution in [0.3, 0.4) is 0 Å². The minimum Gasteiger partial charge on any atom is -0.494 e. The number of urea groups is 1. The van der Waals surface area contributed by atoms with Crippen molar-refractivity contribution in [3.8, 4) is 5.75 Å². The lowest BCUT2D eigenvalue weighted by Crippen LogP contribution is -2.43. The Hall–Kier alpha value is -2.50. The Morgan fingerprint density at radius 3 is 2.78 bits per heavy atom. The van der Waals surface area contributed by atoms with Crippen LogP contribution in [0.4, 0.5) is 10.5 Å². The SMILES string of the molecule is CCOc1ccc(N2C[C@@H](NC(=O)NCCC3=CCCCC3)CC2=O)cc1. The highest BCUT2D eigenvalue weighted by atomic mass is 16.5. The molecule has 0 unspecified atom stereocenters.